The fraction of sp³-hybridized carbons (Fsp3) is 0.176. The molecule has 0 saturated heterocycles. The van der Waals surface area contributed by atoms with Gasteiger partial charge in [0.2, 0.25) is 5.91 Å². The van der Waals surface area contributed by atoms with Gasteiger partial charge in [-0.25, -0.2) is 9.18 Å². The van der Waals surface area contributed by atoms with Crippen molar-refractivity contribution in [3.8, 4) is 0 Å². The van der Waals surface area contributed by atoms with E-state index in [-0.39, 0.29) is 29.1 Å². The number of nitro benzene ring substituents is 1. The predicted octanol–water partition coefficient (Wildman–Crippen LogP) is 2.00. The van der Waals surface area contributed by atoms with E-state index in [0.717, 1.165) is 10.1 Å². The number of oxazole rings is 1. The average molecular weight is 359 g/mol. The summed E-state index contributed by atoms with van der Waals surface area (Å²) < 4.78 is 18.9. The number of halogens is 1. The standard InChI is InChI=1S/C17H14FN3O5/c18-12-3-1-11(2-4-12)7-8-19-16(22)10-20-14-9-13(21(24)25)5-6-15(14)26-17(20)23/h1-6,9H,7-8,10H2,(H,19,22). The van der Waals surface area contributed by atoms with Gasteiger partial charge in [0.1, 0.15) is 12.4 Å². The Kier molecular flexibility index (Phi) is 4.78. The minimum atomic E-state index is -0.769. The molecule has 0 aliphatic carbocycles. The molecule has 8 nitrogen and oxygen atoms in total. The highest BCUT2D eigenvalue weighted by molar-refractivity contribution is 5.80. The Balaban J connectivity index is 1.67. The Morgan fingerprint density at radius 3 is 2.65 bits per heavy atom. The third kappa shape index (κ3) is 3.77. The van der Waals surface area contributed by atoms with Crippen LogP contribution < -0.4 is 11.1 Å². The number of non-ortho nitro benzene ring substituents is 1. The van der Waals surface area contributed by atoms with Gasteiger partial charge in [0.15, 0.2) is 5.58 Å². The summed E-state index contributed by atoms with van der Waals surface area (Å²) in [4.78, 5) is 34.2. The van der Waals surface area contributed by atoms with Crippen LogP contribution in [0.15, 0.2) is 51.7 Å². The number of nitrogens with one attached hydrogen (secondary N) is 1. The molecule has 1 amide bonds. The molecule has 0 aliphatic rings. The van der Waals surface area contributed by atoms with Gasteiger partial charge in [-0.15, -0.1) is 0 Å². The minimum absolute atomic E-state index is 0.166. The number of hydrogen-bond donors (Lipinski definition) is 1. The third-order valence-corrected chi connectivity index (χ3v) is 3.81. The number of aromatic nitrogens is 1. The Labute approximate surface area is 146 Å². The first-order valence-corrected chi connectivity index (χ1v) is 7.73. The molecule has 0 saturated carbocycles. The molecule has 0 spiro atoms. The Hall–Kier alpha value is -3.49. The molecular weight excluding hydrogens is 345 g/mol. The van der Waals surface area contributed by atoms with Crippen molar-refractivity contribution in [1.82, 2.24) is 9.88 Å². The van der Waals surface area contributed by atoms with E-state index in [9.17, 15) is 24.1 Å². The number of fused-ring (bicyclic) bond motifs is 1. The van der Waals surface area contributed by atoms with Gasteiger partial charge in [0.25, 0.3) is 5.69 Å². The van der Waals surface area contributed by atoms with E-state index in [2.05, 4.69) is 5.32 Å². The lowest BCUT2D eigenvalue weighted by molar-refractivity contribution is -0.384. The maximum absolute atomic E-state index is 12.8. The zero-order chi connectivity index (χ0) is 18.7. The maximum Gasteiger partial charge on any atom is 0.420 e. The minimum Gasteiger partial charge on any atom is -0.408 e. The second-order valence-corrected chi connectivity index (χ2v) is 5.59. The number of carbonyl (C=O) groups excluding carboxylic acids is 1. The number of rotatable bonds is 6. The molecule has 134 valence electrons. The van der Waals surface area contributed by atoms with Crippen LogP contribution in [0.4, 0.5) is 10.1 Å². The molecule has 0 atom stereocenters. The molecule has 1 heterocycles. The molecule has 0 radical (unpaired) electrons. The van der Waals surface area contributed by atoms with Crippen LogP contribution in [0.3, 0.4) is 0 Å². The average Bonchev–Trinajstić information content (AvgIpc) is 2.91. The normalized spacial score (nSPS) is 10.8. The molecule has 0 fully saturated rings. The monoisotopic (exact) mass is 359 g/mol. The van der Waals surface area contributed by atoms with Gasteiger partial charge in [-0.05, 0) is 30.2 Å². The molecule has 3 aromatic rings. The topological polar surface area (TPSA) is 107 Å². The van der Waals surface area contributed by atoms with Gasteiger partial charge in [0.05, 0.1) is 10.4 Å². The first-order chi connectivity index (χ1) is 12.4. The van der Waals surface area contributed by atoms with Crippen molar-refractivity contribution >= 4 is 22.7 Å². The molecule has 0 aliphatic heterocycles. The summed E-state index contributed by atoms with van der Waals surface area (Å²) in [5.74, 6) is -1.55. The Morgan fingerprint density at radius 1 is 1.23 bits per heavy atom. The summed E-state index contributed by atoms with van der Waals surface area (Å²) in [6.07, 6.45) is 0.499. The molecule has 1 N–H and O–H groups in total. The van der Waals surface area contributed by atoms with E-state index < -0.39 is 16.6 Å². The fourth-order valence-electron chi connectivity index (χ4n) is 2.51. The molecule has 3 rings (SSSR count). The molecule has 2 aromatic carbocycles. The van der Waals surface area contributed by atoms with Gasteiger partial charge in [-0.1, -0.05) is 12.1 Å². The van der Waals surface area contributed by atoms with Gasteiger partial charge in [-0.3, -0.25) is 19.5 Å². The summed E-state index contributed by atoms with van der Waals surface area (Å²) in [7, 11) is 0. The number of nitrogens with zero attached hydrogens (tertiary/aromatic N) is 2. The summed E-state index contributed by atoms with van der Waals surface area (Å²) in [5, 5.41) is 13.5. The van der Waals surface area contributed by atoms with Crippen molar-refractivity contribution in [3.63, 3.8) is 0 Å². The van der Waals surface area contributed by atoms with Gasteiger partial charge in [0, 0.05) is 18.7 Å². The van der Waals surface area contributed by atoms with Crippen LogP contribution in [0.25, 0.3) is 11.1 Å². The van der Waals surface area contributed by atoms with E-state index in [1.807, 2.05) is 0 Å². The highest BCUT2D eigenvalue weighted by atomic mass is 19.1. The van der Waals surface area contributed by atoms with Crippen LogP contribution in [0.5, 0.6) is 0 Å². The zero-order valence-corrected chi connectivity index (χ0v) is 13.5. The van der Waals surface area contributed by atoms with E-state index in [4.69, 9.17) is 4.42 Å². The van der Waals surface area contributed by atoms with E-state index in [1.165, 1.54) is 30.3 Å². The second-order valence-electron chi connectivity index (χ2n) is 5.59. The number of carbonyl (C=O) groups is 1. The first-order valence-electron chi connectivity index (χ1n) is 7.73. The Bertz CT molecular complexity index is 1020. The van der Waals surface area contributed by atoms with Crippen molar-refractivity contribution in [1.29, 1.82) is 0 Å². The van der Waals surface area contributed by atoms with Crippen LogP contribution >= 0.6 is 0 Å². The van der Waals surface area contributed by atoms with Crippen LogP contribution in [0, 0.1) is 15.9 Å². The van der Waals surface area contributed by atoms with Crippen molar-refractivity contribution < 1.29 is 18.5 Å². The SMILES string of the molecule is O=C(Cn1c(=O)oc2ccc([N+](=O)[O-])cc21)NCCc1ccc(F)cc1. The molecular formula is C17H14FN3O5. The highest BCUT2D eigenvalue weighted by Gasteiger charge is 2.16. The zero-order valence-electron chi connectivity index (χ0n) is 13.5. The van der Waals surface area contributed by atoms with E-state index in [0.29, 0.717) is 13.0 Å². The van der Waals surface area contributed by atoms with Gasteiger partial charge in [-0.2, -0.15) is 0 Å². The van der Waals surface area contributed by atoms with Crippen LogP contribution in [0.2, 0.25) is 0 Å². The van der Waals surface area contributed by atoms with E-state index in [1.54, 1.807) is 12.1 Å². The fourth-order valence-corrected chi connectivity index (χ4v) is 2.51. The number of hydrogen-bond acceptors (Lipinski definition) is 5. The maximum atomic E-state index is 12.8. The van der Waals surface area contributed by atoms with E-state index >= 15 is 0 Å². The van der Waals surface area contributed by atoms with Crippen LogP contribution in [0.1, 0.15) is 5.56 Å². The van der Waals surface area contributed by atoms with Crippen molar-refractivity contribution in [2.75, 3.05) is 6.54 Å². The first kappa shape index (κ1) is 17.3. The smallest absolute Gasteiger partial charge is 0.408 e. The predicted molar refractivity (Wildman–Crippen MR) is 90.2 cm³/mol. The largest absolute Gasteiger partial charge is 0.420 e. The number of amides is 1. The molecule has 1 aromatic heterocycles. The van der Waals surface area contributed by atoms with Gasteiger partial charge >= 0.3 is 5.76 Å². The lowest BCUT2D eigenvalue weighted by Crippen LogP contribution is -2.32. The molecule has 26 heavy (non-hydrogen) atoms. The Morgan fingerprint density at radius 2 is 1.96 bits per heavy atom. The lowest BCUT2D eigenvalue weighted by Gasteiger charge is -2.06. The van der Waals surface area contributed by atoms with Crippen LogP contribution in [-0.4, -0.2) is 21.9 Å². The number of nitro groups is 1. The second kappa shape index (κ2) is 7.18. The summed E-state index contributed by atoms with van der Waals surface area (Å²) in [5.41, 5.74) is 0.995. The highest BCUT2D eigenvalue weighted by Crippen LogP contribution is 2.19. The number of benzene rings is 2. The van der Waals surface area contributed by atoms with Crippen molar-refractivity contribution in [2.45, 2.75) is 13.0 Å². The molecule has 9 heteroatoms. The van der Waals surface area contributed by atoms with Crippen molar-refractivity contribution in [3.05, 3.63) is 74.5 Å². The lowest BCUT2D eigenvalue weighted by atomic mass is 10.1. The summed E-state index contributed by atoms with van der Waals surface area (Å²) in [6, 6.07) is 9.63. The van der Waals surface area contributed by atoms with Crippen molar-refractivity contribution in [2.24, 2.45) is 0 Å². The third-order valence-electron chi connectivity index (χ3n) is 3.81. The van der Waals surface area contributed by atoms with Gasteiger partial charge < -0.3 is 9.73 Å². The summed E-state index contributed by atoms with van der Waals surface area (Å²) >= 11 is 0. The van der Waals surface area contributed by atoms with Crippen LogP contribution in [-0.2, 0) is 17.8 Å². The quantitative estimate of drug-likeness (QED) is 0.535. The molecule has 0 bridgehead atoms. The summed E-state index contributed by atoms with van der Waals surface area (Å²) in [6.45, 7) is -0.0223. The molecule has 0 unspecified atom stereocenters.